The van der Waals surface area contributed by atoms with Gasteiger partial charge in [-0.05, 0) is 33.3 Å². The summed E-state index contributed by atoms with van der Waals surface area (Å²) in [4.78, 5) is 15.3. The molecule has 1 aromatic rings. The maximum absolute atomic E-state index is 11.1. The van der Waals surface area contributed by atoms with Crippen LogP contribution < -0.4 is 5.32 Å². The zero-order valence-electron chi connectivity index (χ0n) is 11.1. The fourth-order valence-electron chi connectivity index (χ4n) is 1.26. The summed E-state index contributed by atoms with van der Waals surface area (Å²) in [5.74, 6) is -0.0678. The lowest BCUT2D eigenvalue weighted by Gasteiger charge is -2.29. The number of carboxylic acids is 1. The molecular formula is C13H19BrN2O2. The van der Waals surface area contributed by atoms with Gasteiger partial charge in [-0.25, -0.2) is 9.78 Å². The number of carbonyl (C=O) groups is 1. The first-order chi connectivity index (χ1) is 8.24. The summed E-state index contributed by atoms with van der Waals surface area (Å²) in [6, 6.07) is 1.56. The fraction of sp³-hybridized carbons (Fsp3) is 0.538. The Morgan fingerprint density at radius 1 is 1.56 bits per heavy atom. The number of nitrogens with one attached hydrogen (secondary N) is 1. The predicted octanol–water partition coefficient (Wildman–Crippen LogP) is 3.64. The lowest BCUT2D eigenvalue weighted by atomic mass is 9.81. The summed E-state index contributed by atoms with van der Waals surface area (Å²) >= 11 is 3.22. The summed E-state index contributed by atoms with van der Waals surface area (Å²) < 4.78 is 0.661. The summed E-state index contributed by atoms with van der Waals surface area (Å²) in [6.07, 6.45) is 1.59. The van der Waals surface area contributed by atoms with Crippen molar-refractivity contribution < 1.29 is 9.90 Å². The Bertz CT molecular complexity index is 445. The minimum absolute atomic E-state index is 0.0739. The van der Waals surface area contributed by atoms with Crippen LogP contribution in [-0.2, 0) is 0 Å². The van der Waals surface area contributed by atoms with E-state index >= 15 is 0 Å². The van der Waals surface area contributed by atoms with Gasteiger partial charge >= 0.3 is 5.97 Å². The van der Waals surface area contributed by atoms with Gasteiger partial charge in [-0.1, -0.05) is 27.7 Å². The van der Waals surface area contributed by atoms with E-state index in [-0.39, 0.29) is 11.0 Å². The second-order valence-corrected chi connectivity index (χ2v) is 6.27. The largest absolute Gasteiger partial charge is 0.478 e. The van der Waals surface area contributed by atoms with Crippen LogP contribution in [0.1, 0.15) is 38.1 Å². The van der Waals surface area contributed by atoms with Crippen molar-refractivity contribution in [2.45, 2.75) is 27.7 Å². The van der Waals surface area contributed by atoms with E-state index in [1.165, 1.54) is 0 Å². The van der Waals surface area contributed by atoms with Crippen LogP contribution in [0.3, 0.4) is 0 Å². The van der Waals surface area contributed by atoms with E-state index in [2.05, 4.69) is 53.9 Å². The van der Waals surface area contributed by atoms with Crippen LogP contribution in [0.4, 0.5) is 5.82 Å². The molecule has 2 N–H and O–H groups in total. The molecule has 1 heterocycles. The second-order valence-electron chi connectivity index (χ2n) is 5.35. The molecule has 0 aliphatic rings. The van der Waals surface area contributed by atoms with E-state index in [0.29, 0.717) is 22.8 Å². The van der Waals surface area contributed by atoms with Crippen molar-refractivity contribution in [1.82, 2.24) is 4.98 Å². The van der Waals surface area contributed by atoms with Crippen molar-refractivity contribution in [1.29, 1.82) is 0 Å². The van der Waals surface area contributed by atoms with Gasteiger partial charge in [0.1, 0.15) is 11.4 Å². The number of carboxylic acid groups (broad SMARTS) is 1. The number of anilines is 1. The molecule has 0 amide bonds. The molecule has 18 heavy (non-hydrogen) atoms. The van der Waals surface area contributed by atoms with Crippen molar-refractivity contribution in [2.24, 2.45) is 11.3 Å². The number of aromatic carboxylic acids is 1. The highest BCUT2D eigenvalue weighted by Gasteiger charge is 2.23. The van der Waals surface area contributed by atoms with Crippen molar-refractivity contribution in [3.8, 4) is 0 Å². The second kappa shape index (κ2) is 5.69. The van der Waals surface area contributed by atoms with Gasteiger partial charge in [0.05, 0.1) is 0 Å². The zero-order valence-corrected chi connectivity index (χ0v) is 12.7. The van der Waals surface area contributed by atoms with Gasteiger partial charge in [0.25, 0.3) is 0 Å². The molecule has 5 heteroatoms. The van der Waals surface area contributed by atoms with Gasteiger partial charge in [0.15, 0.2) is 0 Å². The molecule has 100 valence electrons. The molecule has 0 aliphatic carbocycles. The van der Waals surface area contributed by atoms with E-state index in [0.717, 1.165) is 0 Å². The molecule has 0 unspecified atom stereocenters. The number of rotatable bonds is 5. The van der Waals surface area contributed by atoms with Crippen LogP contribution in [0.5, 0.6) is 0 Å². The van der Waals surface area contributed by atoms with E-state index < -0.39 is 5.97 Å². The van der Waals surface area contributed by atoms with Crippen LogP contribution in [0.15, 0.2) is 16.7 Å². The van der Waals surface area contributed by atoms with Crippen LogP contribution in [0.2, 0.25) is 0 Å². The normalized spacial score (nSPS) is 11.7. The monoisotopic (exact) mass is 314 g/mol. The van der Waals surface area contributed by atoms with Crippen LogP contribution >= 0.6 is 15.9 Å². The molecule has 0 aromatic carbocycles. The molecule has 0 aliphatic heterocycles. The first-order valence-electron chi connectivity index (χ1n) is 5.87. The average Bonchev–Trinajstić information content (AvgIpc) is 2.27. The van der Waals surface area contributed by atoms with E-state index in [1.54, 1.807) is 12.3 Å². The number of halogens is 1. The number of aromatic nitrogens is 1. The van der Waals surface area contributed by atoms with Crippen LogP contribution in [-0.4, -0.2) is 22.6 Å². The number of nitrogens with zero attached hydrogens (tertiary/aromatic N) is 1. The molecule has 0 bridgehead atoms. The summed E-state index contributed by atoms with van der Waals surface area (Å²) in [6.45, 7) is 9.26. The lowest BCUT2D eigenvalue weighted by molar-refractivity contribution is 0.0697. The minimum atomic E-state index is -0.978. The fourth-order valence-corrected chi connectivity index (χ4v) is 1.59. The highest BCUT2D eigenvalue weighted by molar-refractivity contribution is 9.10. The Morgan fingerprint density at radius 2 is 2.17 bits per heavy atom. The van der Waals surface area contributed by atoms with E-state index in [1.807, 2.05) is 0 Å². The third-order valence-electron chi connectivity index (χ3n) is 3.36. The van der Waals surface area contributed by atoms with Crippen molar-refractivity contribution in [3.05, 3.63) is 22.3 Å². The molecule has 0 saturated carbocycles. The third-order valence-corrected chi connectivity index (χ3v) is 3.79. The smallest absolute Gasteiger partial charge is 0.339 e. The highest BCUT2D eigenvalue weighted by Crippen LogP contribution is 2.27. The van der Waals surface area contributed by atoms with E-state index in [4.69, 9.17) is 5.11 Å². The minimum Gasteiger partial charge on any atom is -0.478 e. The average molecular weight is 315 g/mol. The van der Waals surface area contributed by atoms with Crippen molar-refractivity contribution in [2.75, 3.05) is 11.9 Å². The van der Waals surface area contributed by atoms with Crippen LogP contribution in [0.25, 0.3) is 0 Å². The molecule has 1 aromatic heterocycles. The molecule has 0 radical (unpaired) electrons. The van der Waals surface area contributed by atoms with Crippen LogP contribution in [0, 0.1) is 11.3 Å². The third kappa shape index (κ3) is 3.70. The lowest BCUT2D eigenvalue weighted by Crippen LogP contribution is -2.29. The van der Waals surface area contributed by atoms with Crippen molar-refractivity contribution >= 4 is 27.7 Å². The van der Waals surface area contributed by atoms with Gasteiger partial charge in [0, 0.05) is 17.2 Å². The molecule has 1 rings (SSSR count). The molecule has 0 fully saturated rings. The maximum atomic E-state index is 11.1. The topological polar surface area (TPSA) is 62.2 Å². The predicted molar refractivity (Wildman–Crippen MR) is 76.0 cm³/mol. The Labute approximate surface area is 116 Å². The molecule has 0 saturated heterocycles. The zero-order chi connectivity index (χ0) is 13.9. The van der Waals surface area contributed by atoms with Gasteiger partial charge in [-0.2, -0.15) is 0 Å². The Hall–Kier alpha value is -1.10. The summed E-state index contributed by atoms with van der Waals surface area (Å²) in [7, 11) is 0. The molecule has 0 spiro atoms. The SMILES string of the molecule is CC(C)C(C)(C)CNc1ncc(Br)cc1C(=O)O. The standard InChI is InChI=1S/C13H19BrN2O2/c1-8(2)13(3,4)7-16-11-10(12(17)18)5-9(14)6-15-11/h5-6,8H,7H2,1-4H3,(H,15,16)(H,17,18). The Kier molecular flexibility index (Phi) is 4.73. The van der Waals surface area contributed by atoms with Gasteiger partial charge < -0.3 is 10.4 Å². The van der Waals surface area contributed by atoms with Gasteiger partial charge in [-0.15, -0.1) is 0 Å². The Balaban J connectivity index is 2.89. The van der Waals surface area contributed by atoms with Gasteiger partial charge in [0.2, 0.25) is 0 Å². The molecular weight excluding hydrogens is 296 g/mol. The number of pyridine rings is 1. The first-order valence-corrected chi connectivity index (χ1v) is 6.66. The maximum Gasteiger partial charge on any atom is 0.339 e. The van der Waals surface area contributed by atoms with Crippen molar-refractivity contribution in [3.63, 3.8) is 0 Å². The molecule has 4 nitrogen and oxygen atoms in total. The summed E-state index contributed by atoms with van der Waals surface area (Å²) in [5, 5.41) is 12.3. The number of hydrogen-bond acceptors (Lipinski definition) is 3. The van der Waals surface area contributed by atoms with Gasteiger partial charge in [-0.3, -0.25) is 0 Å². The molecule has 0 atom stereocenters. The van der Waals surface area contributed by atoms with E-state index in [9.17, 15) is 4.79 Å². The quantitative estimate of drug-likeness (QED) is 0.871. The first kappa shape index (κ1) is 15.0. The number of hydrogen-bond donors (Lipinski definition) is 2. The highest BCUT2D eigenvalue weighted by atomic mass is 79.9. The Morgan fingerprint density at radius 3 is 2.67 bits per heavy atom. The summed E-state index contributed by atoms with van der Waals surface area (Å²) in [5.41, 5.74) is 0.258.